The molecule has 5 heteroatoms. The van der Waals surface area contributed by atoms with Crippen LogP contribution >= 0.6 is 0 Å². The quantitative estimate of drug-likeness (QED) is 0.826. The van der Waals surface area contributed by atoms with E-state index in [0.717, 1.165) is 6.42 Å². The molecule has 2 atom stereocenters. The van der Waals surface area contributed by atoms with Gasteiger partial charge in [0.1, 0.15) is 11.8 Å². The molecule has 1 fully saturated rings. The fraction of sp³-hybridized carbons (Fsp3) is 0.385. The fourth-order valence-corrected chi connectivity index (χ4v) is 2.21. The SMILES string of the molecule is CC1CCN(C(=O)/C=C/c2ccco2)C1C(=O)O. The van der Waals surface area contributed by atoms with E-state index in [1.54, 1.807) is 18.2 Å². The summed E-state index contributed by atoms with van der Waals surface area (Å²) in [4.78, 5) is 24.5. The molecule has 1 aliphatic rings. The van der Waals surface area contributed by atoms with Gasteiger partial charge in [0.2, 0.25) is 5.91 Å². The summed E-state index contributed by atoms with van der Waals surface area (Å²) < 4.78 is 5.07. The molecule has 0 radical (unpaired) electrons. The van der Waals surface area contributed by atoms with Crippen LogP contribution in [0.3, 0.4) is 0 Å². The van der Waals surface area contributed by atoms with Crippen LogP contribution in [0.25, 0.3) is 6.08 Å². The number of amides is 1. The predicted molar refractivity (Wildman–Crippen MR) is 64.7 cm³/mol. The Bertz CT molecular complexity index is 463. The molecule has 0 bridgehead atoms. The number of likely N-dealkylation sites (tertiary alicyclic amines) is 1. The summed E-state index contributed by atoms with van der Waals surface area (Å²) >= 11 is 0. The molecule has 1 aliphatic heterocycles. The third kappa shape index (κ3) is 2.45. The standard InChI is InChI=1S/C13H15NO4/c1-9-6-7-14(12(9)13(16)17)11(15)5-4-10-3-2-8-18-10/h2-5,8-9,12H,6-7H2,1H3,(H,16,17)/b5-4+. The number of hydrogen-bond acceptors (Lipinski definition) is 3. The predicted octanol–water partition coefficient (Wildman–Crippen LogP) is 1.61. The molecule has 1 amide bonds. The second kappa shape index (κ2) is 5.08. The Kier molecular flexibility index (Phi) is 3.50. The van der Waals surface area contributed by atoms with Gasteiger partial charge in [-0.2, -0.15) is 0 Å². The summed E-state index contributed by atoms with van der Waals surface area (Å²) in [5, 5.41) is 9.12. The van der Waals surface area contributed by atoms with Gasteiger partial charge in [-0.05, 0) is 30.5 Å². The highest BCUT2D eigenvalue weighted by Gasteiger charge is 2.38. The Morgan fingerprint density at radius 3 is 2.94 bits per heavy atom. The van der Waals surface area contributed by atoms with Crippen LogP contribution in [0.2, 0.25) is 0 Å². The van der Waals surface area contributed by atoms with Crippen molar-refractivity contribution in [2.45, 2.75) is 19.4 Å². The molecular weight excluding hydrogens is 234 g/mol. The number of hydrogen-bond donors (Lipinski definition) is 1. The van der Waals surface area contributed by atoms with E-state index in [0.29, 0.717) is 12.3 Å². The lowest BCUT2D eigenvalue weighted by atomic mass is 10.0. The van der Waals surface area contributed by atoms with Crippen molar-refractivity contribution in [1.82, 2.24) is 4.90 Å². The number of carboxylic acid groups (broad SMARTS) is 1. The third-order valence-electron chi connectivity index (χ3n) is 3.17. The molecule has 1 saturated heterocycles. The summed E-state index contributed by atoms with van der Waals surface area (Å²) in [7, 11) is 0. The molecule has 0 aromatic carbocycles. The normalized spacial score (nSPS) is 23.7. The van der Waals surface area contributed by atoms with Crippen LogP contribution in [0.5, 0.6) is 0 Å². The third-order valence-corrected chi connectivity index (χ3v) is 3.17. The van der Waals surface area contributed by atoms with Gasteiger partial charge in [-0.15, -0.1) is 0 Å². The number of carboxylic acids is 1. The number of carbonyl (C=O) groups excluding carboxylic acids is 1. The van der Waals surface area contributed by atoms with E-state index in [1.807, 2.05) is 6.92 Å². The van der Waals surface area contributed by atoms with E-state index >= 15 is 0 Å². The lowest BCUT2D eigenvalue weighted by Gasteiger charge is -2.21. The van der Waals surface area contributed by atoms with Crippen molar-refractivity contribution < 1.29 is 19.1 Å². The average molecular weight is 249 g/mol. The smallest absolute Gasteiger partial charge is 0.326 e. The maximum absolute atomic E-state index is 11.9. The highest BCUT2D eigenvalue weighted by molar-refractivity contribution is 5.94. The van der Waals surface area contributed by atoms with Gasteiger partial charge in [0, 0.05) is 12.6 Å². The van der Waals surface area contributed by atoms with Gasteiger partial charge >= 0.3 is 5.97 Å². The van der Waals surface area contributed by atoms with E-state index < -0.39 is 12.0 Å². The molecule has 1 aromatic heterocycles. The molecule has 0 saturated carbocycles. The molecular formula is C13H15NO4. The number of carbonyl (C=O) groups is 2. The van der Waals surface area contributed by atoms with Gasteiger partial charge in [-0.25, -0.2) is 4.79 Å². The number of aliphatic carboxylic acids is 1. The number of nitrogens with zero attached hydrogens (tertiary/aromatic N) is 1. The minimum atomic E-state index is -0.945. The van der Waals surface area contributed by atoms with E-state index in [4.69, 9.17) is 9.52 Å². The zero-order chi connectivity index (χ0) is 13.1. The molecule has 2 unspecified atom stereocenters. The summed E-state index contributed by atoms with van der Waals surface area (Å²) in [6.07, 6.45) is 5.14. The van der Waals surface area contributed by atoms with Crippen LogP contribution in [0.4, 0.5) is 0 Å². The first-order chi connectivity index (χ1) is 8.59. The molecule has 1 aromatic rings. The Labute approximate surface area is 105 Å². The van der Waals surface area contributed by atoms with Gasteiger partial charge in [-0.1, -0.05) is 6.92 Å². The highest BCUT2D eigenvalue weighted by Crippen LogP contribution is 2.24. The van der Waals surface area contributed by atoms with Crippen LogP contribution in [-0.4, -0.2) is 34.5 Å². The maximum Gasteiger partial charge on any atom is 0.326 e. The van der Waals surface area contributed by atoms with Crippen LogP contribution in [0.1, 0.15) is 19.1 Å². The van der Waals surface area contributed by atoms with Gasteiger partial charge in [0.15, 0.2) is 0 Å². The summed E-state index contributed by atoms with van der Waals surface area (Å²) in [5.74, 6) is -0.672. The minimum Gasteiger partial charge on any atom is -0.480 e. The molecule has 0 aliphatic carbocycles. The van der Waals surface area contributed by atoms with Crippen molar-refractivity contribution in [2.24, 2.45) is 5.92 Å². The largest absolute Gasteiger partial charge is 0.480 e. The molecule has 18 heavy (non-hydrogen) atoms. The van der Waals surface area contributed by atoms with Gasteiger partial charge in [-0.3, -0.25) is 4.79 Å². The van der Waals surface area contributed by atoms with Crippen molar-refractivity contribution in [2.75, 3.05) is 6.54 Å². The van der Waals surface area contributed by atoms with Crippen molar-refractivity contribution >= 4 is 18.0 Å². The van der Waals surface area contributed by atoms with Crippen LogP contribution in [0.15, 0.2) is 28.9 Å². The molecule has 0 spiro atoms. The molecule has 96 valence electrons. The lowest BCUT2D eigenvalue weighted by molar-refractivity contribution is -0.147. The number of rotatable bonds is 3. The molecule has 5 nitrogen and oxygen atoms in total. The van der Waals surface area contributed by atoms with Crippen LogP contribution in [0, 0.1) is 5.92 Å². The van der Waals surface area contributed by atoms with Crippen molar-refractivity contribution in [3.63, 3.8) is 0 Å². The Balaban J connectivity index is 2.07. The first-order valence-corrected chi connectivity index (χ1v) is 5.84. The monoisotopic (exact) mass is 249 g/mol. The zero-order valence-corrected chi connectivity index (χ0v) is 10.1. The Hall–Kier alpha value is -2.04. The minimum absolute atomic E-state index is 0.0107. The van der Waals surface area contributed by atoms with E-state index in [2.05, 4.69) is 0 Å². The molecule has 2 heterocycles. The Morgan fingerprint density at radius 1 is 1.56 bits per heavy atom. The summed E-state index contributed by atoms with van der Waals surface area (Å²) in [6.45, 7) is 2.34. The molecule has 2 rings (SSSR count). The van der Waals surface area contributed by atoms with E-state index in [9.17, 15) is 9.59 Å². The summed E-state index contributed by atoms with van der Waals surface area (Å²) in [5.41, 5.74) is 0. The first-order valence-electron chi connectivity index (χ1n) is 5.84. The topological polar surface area (TPSA) is 70.8 Å². The second-order valence-corrected chi connectivity index (χ2v) is 4.43. The maximum atomic E-state index is 11.9. The summed E-state index contributed by atoms with van der Waals surface area (Å²) in [6, 6.07) is 2.73. The average Bonchev–Trinajstić information content (AvgIpc) is 2.94. The van der Waals surface area contributed by atoms with Crippen LogP contribution < -0.4 is 0 Å². The van der Waals surface area contributed by atoms with Crippen molar-refractivity contribution in [3.05, 3.63) is 30.2 Å². The fourth-order valence-electron chi connectivity index (χ4n) is 2.21. The highest BCUT2D eigenvalue weighted by atomic mass is 16.4. The van der Waals surface area contributed by atoms with Crippen molar-refractivity contribution in [1.29, 1.82) is 0 Å². The van der Waals surface area contributed by atoms with E-state index in [-0.39, 0.29) is 11.8 Å². The van der Waals surface area contributed by atoms with E-state index in [1.165, 1.54) is 17.2 Å². The first kappa shape index (κ1) is 12.4. The Morgan fingerprint density at radius 2 is 2.33 bits per heavy atom. The number of furan rings is 1. The van der Waals surface area contributed by atoms with Gasteiger partial charge in [0.05, 0.1) is 6.26 Å². The second-order valence-electron chi connectivity index (χ2n) is 4.43. The van der Waals surface area contributed by atoms with Crippen LogP contribution in [-0.2, 0) is 9.59 Å². The van der Waals surface area contributed by atoms with Crippen molar-refractivity contribution in [3.8, 4) is 0 Å². The zero-order valence-electron chi connectivity index (χ0n) is 10.1. The lowest BCUT2D eigenvalue weighted by Crippen LogP contribution is -2.42. The molecule has 1 N–H and O–H groups in total. The van der Waals surface area contributed by atoms with Gasteiger partial charge < -0.3 is 14.4 Å². The van der Waals surface area contributed by atoms with Gasteiger partial charge in [0.25, 0.3) is 0 Å².